The maximum absolute atomic E-state index is 13.3. The van der Waals surface area contributed by atoms with Crippen LogP contribution in [0.2, 0.25) is 0 Å². The van der Waals surface area contributed by atoms with Crippen LogP contribution in [0.3, 0.4) is 0 Å². The highest BCUT2D eigenvalue weighted by Crippen LogP contribution is 2.38. The van der Waals surface area contributed by atoms with Crippen LogP contribution in [-0.4, -0.2) is 41.8 Å². The van der Waals surface area contributed by atoms with Gasteiger partial charge in [-0.25, -0.2) is 13.2 Å². The molecule has 2 aromatic carbocycles. The maximum atomic E-state index is 13.3. The van der Waals surface area contributed by atoms with Gasteiger partial charge in [0.1, 0.15) is 5.54 Å². The summed E-state index contributed by atoms with van der Waals surface area (Å²) in [6, 6.07) is 8.81. The lowest BCUT2D eigenvalue weighted by molar-refractivity contribution is -0.129. The van der Waals surface area contributed by atoms with Gasteiger partial charge in [-0.2, -0.15) is 0 Å². The molecule has 32 heavy (non-hydrogen) atoms. The summed E-state index contributed by atoms with van der Waals surface area (Å²) in [6.07, 6.45) is 2.15. The molecule has 0 aromatic heterocycles. The number of fused-ring (bicyclic) bond motifs is 2. The van der Waals surface area contributed by atoms with Crippen LogP contribution in [0, 0.1) is 5.92 Å². The third kappa shape index (κ3) is 2.77. The van der Waals surface area contributed by atoms with E-state index < -0.39 is 33.3 Å². The van der Waals surface area contributed by atoms with E-state index in [2.05, 4.69) is 5.32 Å². The molecular formula is C23H20N2O6S. The third-order valence-corrected chi connectivity index (χ3v) is 8.35. The number of amides is 3. The number of nitrogens with zero attached hydrogens (tertiary/aromatic N) is 1. The van der Waals surface area contributed by atoms with Crippen molar-refractivity contribution >= 4 is 33.5 Å². The molecule has 5 rings (SSSR count). The fraction of sp³-hybridized carbons (Fsp3) is 0.304. The van der Waals surface area contributed by atoms with Gasteiger partial charge in [0.25, 0.3) is 15.9 Å². The van der Waals surface area contributed by atoms with Crippen LogP contribution < -0.4 is 5.32 Å². The Morgan fingerprint density at radius 2 is 1.44 bits per heavy atom. The highest BCUT2D eigenvalue weighted by molar-refractivity contribution is 7.90. The molecule has 0 unspecified atom stereocenters. The highest BCUT2D eigenvalue weighted by atomic mass is 32.2. The molecule has 0 bridgehead atoms. The number of benzene rings is 2. The Hall–Kier alpha value is -3.33. The maximum Gasteiger partial charge on any atom is 0.339 e. The number of urea groups is 1. The molecule has 2 aromatic rings. The van der Waals surface area contributed by atoms with Gasteiger partial charge >= 0.3 is 6.03 Å². The van der Waals surface area contributed by atoms with Gasteiger partial charge in [-0.05, 0) is 49.8 Å². The normalized spacial score (nSPS) is 25.0. The summed E-state index contributed by atoms with van der Waals surface area (Å²) in [5.41, 5.74) is -0.756. The number of hydrogen-bond donors (Lipinski definition) is 1. The predicted molar refractivity (Wildman–Crippen MR) is 113 cm³/mol. The van der Waals surface area contributed by atoms with Gasteiger partial charge in [-0.15, -0.1) is 4.31 Å². The van der Waals surface area contributed by atoms with Gasteiger partial charge in [0.05, 0.1) is 4.90 Å². The summed E-state index contributed by atoms with van der Waals surface area (Å²) in [4.78, 5) is 51.1. The van der Waals surface area contributed by atoms with Crippen LogP contribution in [0.4, 0.5) is 4.79 Å². The molecule has 3 amide bonds. The van der Waals surface area contributed by atoms with Crippen molar-refractivity contribution in [3.63, 3.8) is 0 Å². The second-order valence-electron chi connectivity index (χ2n) is 8.68. The number of imide groups is 1. The minimum absolute atomic E-state index is 0.0666. The van der Waals surface area contributed by atoms with Gasteiger partial charge in [0.15, 0.2) is 11.6 Å². The van der Waals surface area contributed by atoms with Crippen molar-refractivity contribution in [3.8, 4) is 0 Å². The van der Waals surface area contributed by atoms with E-state index in [4.69, 9.17) is 0 Å². The fourth-order valence-corrected chi connectivity index (χ4v) is 6.13. The Balaban J connectivity index is 1.54. The number of hydrogen-bond acceptors (Lipinski definition) is 6. The van der Waals surface area contributed by atoms with Crippen molar-refractivity contribution < 1.29 is 27.6 Å². The van der Waals surface area contributed by atoms with E-state index in [1.54, 1.807) is 18.2 Å². The zero-order chi connectivity index (χ0) is 22.8. The lowest BCUT2D eigenvalue weighted by atomic mass is 9.77. The molecule has 1 N–H and O–H groups in total. The quantitative estimate of drug-likeness (QED) is 0.598. The molecule has 9 heteroatoms. The molecule has 2 fully saturated rings. The summed E-state index contributed by atoms with van der Waals surface area (Å²) in [5.74, 6) is -1.27. The van der Waals surface area contributed by atoms with Crippen LogP contribution in [0.1, 0.15) is 64.4 Å². The number of carbonyl (C=O) groups excluding carboxylic acids is 4. The van der Waals surface area contributed by atoms with Crippen LogP contribution in [0.5, 0.6) is 0 Å². The monoisotopic (exact) mass is 452 g/mol. The van der Waals surface area contributed by atoms with Crippen molar-refractivity contribution in [3.05, 3.63) is 64.7 Å². The van der Waals surface area contributed by atoms with Crippen molar-refractivity contribution in [1.82, 2.24) is 9.62 Å². The SMILES string of the molecule is CC1CCC2(CC1)NC(=O)N(S(=O)(=O)c1ccc3c(c1)C(=O)c1ccccc1C3=O)C2=O. The number of carbonyl (C=O) groups is 4. The smallest absolute Gasteiger partial charge is 0.322 e. The number of nitrogens with one attached hydrogen (secondary N) is 1. The lowest BCUT2D eigenvalue weighted by Crippen LogP contribution is -2.49. The molecule has 1 saturated heterocycles. The van der Waals surface area contributed by atoms with Crippen LogP contribution >= 0.6 is 0 Å². The summed E-state index contributed by atoms with van der Waals surface area (Å²) < 4.78 is 26.9. The molecule has 0 radical (unpaired) electrons. The molecule has 3 aliphatic rings. The van der Waals surface area contributed by atoms with Gasteiger partial charge in [0, 0.05) is 22.3 Å². The van der Waals surface area contributed by atoms with Gasteiger partial charge < -0.3 is 5.32 Å². The summed E-state index contributed by atoms with van der Waals surface area (Å²) in [7, 11) is -4.57. The first kappa shape index (κ1) is 20.6. The Morgan fingerprint density at radius 3 is 2.06 bits per heavy atom. The van der Waals surface area contributed by atoms with Crippen molar-refractivity contribution in [2.45, 2.75) is 43.0 Å². The number of ketones is 2. The molecule has 1 heterocycles. The number of sulfonamides is 1. The third-order valence-electron chi connectivity index (χ3n) is 6.69. The fourth-order valence-electron chi connectivity index (χ4n) is 4.75. The van der Waals surface area contributed by atoms with Crippen molar-refractivity contribution in [2.75, 3.05) is 0 Å². The Bertz CT molecular complexity index is 1320. The average Bonchev–Trinajstić information content (AvgIpc) is 3.03. The summed E-state index contributed by atoms with van der Waals surface area (Å²) in [6.45, 7) is 2.05. The molecule has 2 aliphatic carbocycles. The first-order valence-electron chi connectivity index (χ1n) is 10.4. The van der Waals surface area contributed by atoms with Crippen LogP contribution in [0.15, 0.2) is 47.4 Å². The standard InChI is InChI=1S/C23H20N2O6S/c1-13-8-10-23(11-9-13)21(28)25(22(29)24-23)32(30,31)14-6-7-17-18(12-14)20(27)16-5-3-2-4-15(16)19(17)26/h2-7,12-13H,8-11H2,1H3,(H,24,29). The lowest BCUT2D eigenvalue weighted by Gasteiger charge is -2.33. The highest BCUT2D eigenvalue weighted by Gasteiger charge is 2.56. The molecule has 1 saturated carbocycles. The zero-order valence-electron chi connectivity index (χ0n) is 17.3. The van der Waals surface area contributed by atoms with E-state index in [0.29, 0.717) is 31.6 Å². The van der Waals surface area contributed by atoms with E-state index in [9.17, 15) is 27.6 Å². The van der Waals surface area contributed by atoms with E-state index in [0.717, 1.165) is 12.1 Å². The first-order chi connectivity index (χ1) is 15.2. The Labute approximate surface area is 184 Å². The van der Waals surface area contributed by atoms with E-state index in [1.807, 2.05) is 6.92 Å². The zero-order valence-corrected chi connectivity index (χ0v) is 18.1. The molecule has 0 atom stereocenters. The average molecular weight is 452 g/mol. The van der Waals surface area contributed by atoms with Crippen LogP contribution in [0.25, 0.3) is 0 Å². The first-order valence-corrected chi connectivity index (χ1v) is 11.8. The molecule has 164 valence electrons. The predicted octanol–water partition coefficient (Wildman–Crippen LogP) is 2.65. The second-order valence-corrected chi connectivity index (χ2v) is 10.5. The number of rotatable bonds is 2. The van der Waals surface area contributed by atoms with Gasteiger partial charge in [-0.1, -0.05) is 31.2 Å². The molecular weight excluding hydrogens is 432 g/mol. The molecule has 8 nitrogen and oxygen atoms in total. The van der Waals surface area contributed by atoms with E-state index in [-0.39, 0.29) is 37.2 Å². The van der Waals surface area contributed by atoms with E-state index >= 15 is 0 Å². The van der Waals surface area contributed by atoms with Crippen molar-refractivity contribution in [1.29, 1.82) is 0 Å². The molecule has 1 spiro atoms. The Kier molecular flexibility index (Phi) is 4.39. The summed E-state index contributed by atoms with van der Waals surface area (Å²) in [5, 5.41) is 2.59. The second kappa shape index (κ2) is 6.83. The van der Waals surface area contributed by atoms with Crippen LogP contribution in [-0.2, 0) is 14.8 Å². The Morgan fingerprint density at radius 1 is 0.875 bits per heavy atom. The minimum atomic E-state index is -4.57. The summed E-state index contributed by atoms with van der Waals surface area (Å²) >= 11 is 0. The van der Waals surface area contributed by atoms with E-state index in [1.165, 1.54) is 12.1 Å². The topological polar surface area (TPSA) is 118 Å². The largest absolute Gasteiger partial charge is 0.339 e. The minimum Gasteiger partial charge on any atom is -0.322 e. The van der Waals surface area contributed by atoms with Crippen molar-refractivity contribution in [2.24, 2.45) is 5.92 Å². The van der Waals surface area contributed by atoms with Gasteiger partial charge in [0.2, 0.25) is 0 Å². The molecule has 1 aliphatic heterocycles. The van der Waals surface area contributed by atoms with Gasteiger partial charge in [-0.3, -0.25) is 14.4 Å².